The van der Waals surface area contributed by atoms with E-state index >= 15 is 0 Å². The Hall–Kier alpha value is -1.92. The SMILES string of the molecule is CCC(NC(=O)c1ccncc1NN)c1cccs1. The molecule has 0 spiro atoms. The number of amides is 1. The molecule has 0 aliphatic heterocycles. The van der Waals surface area contributed by atoms with Crippen LogP contribution in [0, 0.1) is 0 Å². The quantitative estimate of drug-likeness (QED) is 0.578. The molecule has 0 aliphatic carbocycles. The Morgan fingerprint density at radius 2 is 2.37 bits per heavy atom. The van der Waals surface area contributed by atoms with Crippen molar-refractivity contribution in [3.05, 3.63) is 46.4 Å². The van der Waals surface area contributed by atoms with Crippen LogP contribution in [0.25, 0.3) is 0 Å². The lowest BCUT2D eigenvalue weighted by Crippen LogP contribution is -2.28. The Morgan fingerprint density at radius 1 is 1.53 bits per heavy atom. The molecule has 1 atom stereocenters. The van der Waals surface area contributed by atoms with Crippen LogP contribution in [0.15, 0.2) is 36.0 Å². The monoisotopic (exact) mass is 276 g/mol. The summed E-state index contributed by atoms with van der Waals surface area (Å²) in [6.45, 7) is 2.04. The van der Waals surface area contributed by atoms with Crippen molar-refractivity contribution in [3.63, 3.8) is 0 Å². The topological polar surface area (TPSA) is 80.0 Å². The summed E-state index contributed by atoms with van der Waals surface area (Å²) in [6.07, 6.45) is 3.94. The lowest BCUT2D eigenvalue weighted by atomic mass is 10.1. The van der Waals surface area contributed by atoms with Crippen LogP contribution in [0.1, 0.15) is 34.6 Å². The van der Waals surface area contributed by atoms with E-state index in [0.29, 0.717) is 11.3 Å². The van der Waals surface area contributed by atoms with E-state index in [2.05, 4.69) is 15.7 Å². The van der Waals surface area contributed by atoms with Gasteiger partial charge in [-0.25, -0.2) is 0 Å². The van der Waals surface area contributed by atoms with Crippen molar-refractivity contribution in [2.75, 3.05) is 5.43 Å². The lowest BCUT2D eigenvalue weighted by molar-refractivity contribution is 0.0937. The zero-order valence-corrected chi connectivity index (χ0v) is 11.4. The third kappa shape index (κ3) is 3.10. The molecule has 19 heavy (non-hydrogen) atoms. The molecule has 0 saturated heterocycles. The molecule has 1 unspecified atom stereocenters. The van der Waals surface area contributed by atoms with Gasteiger partial charge in [0.15, 0.2) is 0 Å². The Morgan fingerprint density at radius 3 is 3.00 bits per heavy atom. The van der Waals surface area contributed by atoms with Gasteiger partial charge in [0, 0.05) is 11.1 Å². The van der Waals surface area contributed by atoms with E-state index in [9.17, 15) is 4.79 Å². The van der Waals surface area contributed by atoms with Gasteiger partial charge in [0.2, 0.25) is 0 Å². The molecule has 2 heterocycles. The smallest absolute Gasteiger partial charge is 0.254 e. The molecular weight excluding hydrogens is 260 g/mol. The van der Waals surface area contributed by atoms with E-state index in [1.54, 1.807) is 23.6 Å². The van der Waals surface area contributed by atoms with Gasteiger partial charge in [-0.05, 0) is 23.9 Å². The molecule has 0 radical (unpaired) electrons. The summed E-state index contributed by atoms with van der Waals surface area (Å²) in [6, 6.07) is 5.67. The molecule has 6 heteroatoms. The highest BCUT2D eigenvalue weighted by Gasteiger charge is 2.17. The van der Waals surface area contributed by atoms with E-state index in [1.807, 2.05) is 24.4 Å². The van der Waals surface area contributed by atoms with Crippen LogP contribution >= 0.6 is 11.3 Å². The van der Waals surface area contributed by atoms with Crippen LogP contribution in [0.4, 0.5) is 5.69 Å². The van der Waals surface area contributed by atoms with Gasteiger partial charge in [-0.1, -0.05) is 13.0 Å². The van der Waals surface area contributed by atoms with E-state index in [4.69, 9.17) is 5.84 Å². The second-order valence-electron chi connectivity index (χ2n) is 4.02. The van der Waals surface area contributed by atoms with Crippen molar-refractivity contribution in [1.29, 1.82) is 0 Å². The van der Waals surface area contributed by atoms with Gasteiger partial charge in [0.05, 0.1) is 23.5 Å². The third-order valence-corrected chi connectivity index (χ3v) is 3.81. The zero-order valence-electron chi connectivity index (χ0n) is 10.6. The molecule has 100 valence electrons. The first-order chi connectivity index (χ1) is 9.26. The van der Waals surface area contributed by atoms with Crippen molar-refractivity contribution >= 4 is 22.9 Å². The van der Waals surface area contributed by atoms with Crippen LogP contribution in [-0.2, 0) is 0 Å². The van der Waals surface area contributed by atoms with Crippen molar-refractivity contribution < 1.29 is 4.79 Å². The number of carbonyl (C=O) groups excluding carboxylic acids is 1. The maximum Gasteiger partial charge on any atom is 0.254 e. The van der Waals surface area contributed by atoms with Crippen molar-refractivity contribution in [3.8, 4) is 0 Å². The molecule has 4 N–H and O–H groups in total. The molecule has 5 nitrogen and oxygen atoms in total. The summed E-state index contributed by atoms with van der Waals surface area (Å²) in [5, 5.41) is 5.01. The first-order valence-electron chi connectivity index (χ1n) is 6.01. The fourth-order valence-corrected chi connectivity index (χ4v) is 2.67. The number of thiophene rings is 1. The Bertz CT molecular complexity index is 541. The summed E-state index contributed by atoms with van der Waals surface area (Å²) in [4.78, 5) is 17.3. The molecule has 0 saturated carbocycles. The minimum atomic E-state index is -0.157. The van der Waals surface area contributed by atoms with Crippen LogP contribution in [0.3, 0.4) is 0 Å². The molecule has 2 aromatic rings. The van der Waals surface area contributed by atoms with Crippen LogP contribution < -0.4 is 16.6 Å². The maximum absolute atomic E-state index is 12.3. The molecule has 0 aromatic carbocycles. The van der Waals surface area contributed by atoms with E-state index in [-0.39, 0.29) is 11.9 Å². The predicted molar refractivity (Wildman–Crippen MR) is 76.9 cm³/mol. The zero-order chi connectivity index (χ0) is 13.7. The molecule has 2 rings (SSSR count). The largest absolute Gasteiger partial charge is 0.344 e. The van der Waals surface area contributed by atoms with Crippen molar-refractivity contribution in [1.82, 2.24) is 10.3 Å². The highest BCUT2D eigenvalue weighted by molar-refractivity contribution is 7.10. The molecular formula is C13H16N4OS. The average molecular weight is 276 g/mol. The number of hydrazine groups is 1. The normalized spacial score (nSPS) is 11.9. The first kappa shape index (κ1) is 13.5. The van der Waals surface area contributed by atoms with Crippen LogP contribution in [-0.4, -0.2) is 10.9 Å². The van der Waals surface area contributed by atoms with Crippen molar-refractivity contribution in [2.45, 2.75) is 19.4 Å². The fraction of sp³-hybridized carbons (Fsp3) is 0.231. The Labute approximate surface area is 115 Å². The van der Waals surface area contributed by atoms with Gasteiger partial charge in [-0.2, -0.15) is 0 Å². The number of anilines is 1. The molecule has 0 fully saturated rings. The minimum Gasteiger partial charge on any atom is -0.344 e. The predicted octanol–water partition coefficient (Wildman–Crippen LogP) is 2.31. The van der Waals surface area contributed by atoms with E-state index in [0.717, 1.165) is 11.3 Å². The first-order valence-corrected chi connectivity index (χ1v) is 6.89. The third-order valence-electron chi connectivity index (χ3n) is 2.82. The summed E-state index contributed by atoms with van der Waals surface area (Å²) in [7, 11) is 0. The molecule has 2 aromatic heterocycles. The summed E-state index contributed by atoms with van der Waals surface area (Å²) >= 11 is 1.64. The van der Waals surface area contributed by atoms with E-state index < -0.39 is 0 Å². The number of pyridine rings is 1. The molecule has 0 bridgehead atoms. The second kappa shape index (κ2) is 6.31. The van der Waals surface area contributed by atoms with Crippen LogP contribution in [0.5, 0.6) is 0 Å². The van der Waals surface area contributed by atoms with Crippen molar-refractivity contribution in [2.24, 2.45) is 5.84 Å². The number of nitrogens with one attached hydrogen (secondary N) is 2. The Kier molecular flexibility index (Phi) is 4.48. The summed E-state index contributed by atoms with van der Waals surface area (Å²) in [5.74, 6) is 5.22. The van der Waals surface area contributed by atoms with Gasteiger partial charge in [0.25, 0.3) is 5.91 Å². The molecule has 0 aliphatic rings. The number of nitrogens with two attached hydrogens (primary N) is 1. The summed E-state index contributed by atoms with van der Waals surface area (Å²) in [5.41, 5.74) is 3.49. The fourth-order valence-electron chi connectivity index (χ4n) is 1.81. The van der Waals surface area contributed by atoms with Gasteiger partial charge in [-0.15, -0.1) is 11.3 Å². The number of nitrogen functional groups attached to an aromatic ring is 1. The van der Waals surface area contributed by atoms with E-state index in [1.165, 1.54) is 6.20 Å². The second-order valence-corrected chi connectivity index (χ2v) is 4.99. The van der Waals surface area contributed by atoms with Gasteiger partial charge in [0.1, 0.15) is 0 Å². The Balaban J connectivity index is 2.16. The van der Waals surface area contributed by atoms with Gasteiger partial charge >= 0.3 is 0 Å². The summed E-state index contributed by atoms with van der Waals surface area (Å²) < 4.78 is 0. The average Bonchev–Trinajstić information content (AvgIpc) is 2.98. The number of hydrogen-bond donors (Lipinski definition) is 3. The lowest BCUT2D eigenvalue weighted by Gasteiger charge is -2.16. The van der Waals surface area contributed by atoms with Gasteiger partial charge in [-0.3, -0.25) is 15.6 Å². The van der Waals surface area contributed by atoms with Gasteiger partial charge < -0.3 is 10.7 Å². The standard InChI is InChI=1S/C13H16N4OS/c1-2-10(12-4-3-7-19-12)16-13(18)9-5-6-15-8-11(9)17-14/h3-8,10,17H,2,14H2,1H3,(H,16,18). The van der Waals surface area contributed by atoms with Crippen LogP contribution in [0.2, 0.25) is 0 Å². The highest BCUT2D eigenvalue weighted by Crippen LogP contribution is 2.22. The number of carbonyl (C=O) groups is 1. The number of hydrogen-bond acceptors (Lipinski definition) is 5. The highest BCUT2D eigenvalue weighted by atomic mass is 32.1. The number of nitrogens with zero attached hydrogens (tertiary/aromatic N) is 1. The number of aromatic nitrogens is 1. The maximum atomic E-state index is 12.3. The number of rotatable bonds is 5. The molecule has 1 amide bonds. The minimum absolute atomic E-state index is 0.0197.